The van der Waals surface area contributed by atoms with E-state index in [4.69, 9.17) is 9.26 Å². The van der Waals surface area contributed by atoms with Gasteiger partial charge in [-0.2, -0.15) is 0 Å². The zero-order valence-corrected chi connectivity index (χ0v) is 13.8. The Bertz CT molecular complexity index is 1130. The number of nitrogens with zero attached hydrogens (tertiary/aromatic N) is 1. The van der Waals surface area contributed by atoms with Gasteiger partial charge in [0, 0.05) is 0 Å². The molecular formula is C22H15NO3. The monoisotopic (exact) mass is 341 g/mol. The number of benzene rings is 2. The van der Waals surface area contributed by atoms with E-state index in [9.17, 15) is 4.79 Å². The molecule has 0 saturated heterocycles. The standard InChI is InChI=1S/C22H15NO3/c24-21-12-5-4-11-19-20(23-26-22(19)21)14-13-16-7-6-10-18(15-16)25-17-8-2-1-3-9-17/h1-15H/b14-13-. The predicted molar refractivity (Wildman–Crippen MR) is 102 cm³/mol. The van der Waals surface area contributed by atoms with Crippen LogP contribution in [0.5, 0.6) is 11.5 Å². The predicted octanol–water partition coefficient (Wildman–Crippen LogP) is 5.15. The number of ether oxygens (including phenoxy) is 1. The van der Waals surface area contributed by atoms with Gasteiger partial charge in [-0.15, -0.1) is 0 Å². The molecule has 3 aromatic carbocycles. The average molecular weight is 341 g/mol. The van der Waals surface area contributed by atoms with E-state index < -0.39 is 0 Å². The maximum atomic E-state index is 11.9. The molecule has 0 atom stereocenters. The molecule has 126 valence electrons. The lowest BCUT2D eigenvalue weighted by molar-refractivity contribution is 0.453. The first-order valence-electron chi connectivity index (χ1n) is 8.19. The van der Waals surface area contributed by atoms with Crippen LogP contribution in [0.15, 0.2) is 88.2 Å². The highest BCUT2D eigenvalue weighted by molar-refractivity contribution is 5.87. The van der Waals surface area contributed by atoms with Crippen molar-refractivity contribution in [2.45, 2.75) is 0 Å². The Morgan fingerprint density at radius 3 is 2.46 bits per heavy atom. The molecule has 1 heterocycles. The minimum absolute atomic E-state index is 0.185. The van der Waals surface area contributed by atoms with Gasteiger partial charge in [0.25, 0.3) is 0 Å². The number of hydrogen-bond donors (Lipinski definition) is 0. The summed E-state index contributed by atoms with van der Waals surface area (Å²) in [7, 11) is 0. The first-order chi connectivity index (χ1) is 12.8. The molecule has 0 aliphatic carbocycles. The van der Waals surface area contributed by atoms with E-state index in [-0.39, 0.29) is 11.0 Å². The van der Waals surface area contributed by atoms with Crippen LogP contribution in [0.25, 0.3) is 23.1 Å². The van der Waals surface area contributed by atoms with Gasteiger partial charge in [0.1, 0.15) is 17.2 Å². The summed E-state index contributed by atoms with van der Waals surface area (Å²) in [6.07, 6.45) is 3.74. The Hall–Kier alpha value is -3.66. The van der Waals surface area contributed by atoms with E-state index in [1.54, 1.807) is 12.1 Å². The highest BCUT2D eigenvalue weighted by atomic mass is 16.5. The van der Waals surface area contributed by atoms with Gasteiger partial charge in [0.2, 0.25) is 11.0 Å². The lowest BCUT2D eigenvalue weighted by Gasteiger charge is -2.05. The molecule has 0 amide bonds. The van der Waals surface area contributed by atoms with Crippen LogP contribution in [0.2, 0.25) is 0 Å². The number of aromatic nitrogens is 1. The van der Waals surface area contributed by atoms with Crippen LogP contribution in [0, 0.1) is 0 Å². The van der Waals surface area contributed by atoms with Gasteiger partial charge in [-0.05, 0) is 48.0 Å². The van der Waals surface area contributed by atoms with Crippen molar-refractivity contribution in [2.75, 3.05) is 0 Å². The summed E-state index contributed by atoms with van der Waals surface area (Å²) in [6, 6.07) is 24.1. The second kappa shape index (κ2) is 7.07. The fourth-order valence-corrected chi connectivity index (χ4v) is 2.62. The van der Waals surface area contributed by atoms with Crippen molar-refractivity contribution in [1.29, 1.82) is 0 Å². The maximum Gasteiger partial charge on any atom is 0.224 e. The lowest BCUT2D eigenvalue weighted by atomic mass is 10.1. The molecule has 0 spiro atoms. The molecule has 4 nitrogen and oxygen atoms in total. The van der Waals surface area contributed by atoms with Gasteiger partial charge < -0.3 is 9.26 Å². The third-order valence-corrected chi connectivity index (χ3v) is 3.87. The van der Waals surface area contributed by atoms with E-state index >= 15 is 0 Å². The maximum absolute atomic E-state index is 11.9. The van der Waals surface area contributed by atoms with Gasteiger partial charge in [-0.25, -0.2) is 0 Å². The van der Waals surface area contributed by atoms with Crippen molar-refractivity contribution in [3.63, 3.8) is 0 Å². The summed E-state index contributed by atoms with van der Waals surface area (Å²) in [6.45, 7) is 0. The third-order valence-electron chi connectivity index (χ3n) is 3.87. The van der Waals surface area contributed by atoms with E-state index in [1.807, 2.05) is 72.8 Å². The molecule has 0 radical (unpaired) electrons. The van der Waals surface area contributed by atoms with E-state index in [2.05, 4.69) is 5.16 Å². The van der Waals surface area contributed by atoms with Gasteiger partial charge in [0.05, 0.1) is 5.39 Å². The Morgan fingerprint density at radius 2 is 1.58 bits per heavy atom. The molecule has 0 N–H and O–H groups in total. The van der Waals surface area contributed by atoms with Crippen LogP contribution in [0.4, 0.5) is 0 Å². The fourth-order valence-electron chi connectivity index (χ4n) is 2.62. The number of fused-ring (bicyclic) bond motifs is 1. The summed E-state index contributed by atoms with van der Waals surface area (Å²) < 4.78 is 11.0. The number of rotatable bonds is 4. The Balaban J connectivity index is 1.62. The molecule has 26 heavy (non-hydrogen) atoms. The summed E-state index contributed by atoms with van der Waals surface area (Å²) >= 11 is 0. The summed E-state index contributed by atoms with van der Waals surface area (Å²) in [5.41, 5.74) is 1.64. The van der Waals surface area contributed by atoms with Crippen LogP contribution in [-0.4, -0.2) is 5.16 Å². The van der Waals surface area contributed by atoms with Crippen molar-refractivity contribution in [3.8, 4) is 11.5 Å². The molecule has 0 bridgehead atoms. The molecule has 0 unspecified atom stereocenters. The quantitative estimate of drug-likeness (QED) is 0.515. The van der Waals surface area contributed by atoms with Gasteiger partial charge >= 0.3 is 0 Å². The van der Waals surface area contributed by atoms with Crippen molar-refractivity contribution in [3.05, 3.63) is 100 Å². The molecule has 1 aromatic heterocycles. The fraction of sp³-hybridized carbons (Fsp3) is 0. The minimum atomic E-state index is -0.185. The van der Waals surface area contributed by atoms with Crippen molar-refractivity contribution in [1.82, 2.24) is 5.16 Å². The first kappa shape index (κ1) is 15.8. The molecule has 4 heteroatoms. The van der Waals surface area contributed by atoms with E-state index in [0.717, 1.165) is 17.1 Å². The normalized spacial score (nSPS) is 11.1. The molecule has 0 saturated carbocycles. The van der Waals surface area contributed by atoms with Gasteiger partial charge in [0.15, 0.2) is 0 Å². The average Bonchev–Trinajstić information content (AvgIpc) is 2.98. The van der Waals surface area contributed by atoms with Crippen LogP contribution in [-0.2, 0) is 0 Å². The van der Waals surface area contributed by atoms with E-state index in [1.165, 1.54) is 6.07 Å². The van der Waals surface area contributed by atoms with Crippen LogP contribution in [0.3, 0.4) is 0 Å². The Labute approximate surface area is 150 Å². The molecular weight excluding hydrogens is 326 g/mol. The third kappa shape index (κ3) is 3.39. The Morgan fingerprint density at radius 1 is 0.808 bits per heavy atom. The summed E-state index contributed by atoms with van der Waals surface area (Å²) in [5, 5.41) is 4.68. The Kier molecular flexibility index (Phi) is 4.31. The highest BCUT2D eigenvalue weighted by Gasteiger charge is 2.06. The number of hydrogen-bond acceptors (Lipinski definition) is 4. The minimum Gasteiger partial charge on any atom is -0.457 e. The smallest absolute Gasteiger partial charge is 0.224 e. The zero-order valence-electron chi connectivity index (χ0n) is 13.8. The van der Waals surface area contributed by atoms with E-state index in [0.29, 0.717) is 11.1 Å². The van der Waals surface area contributed by atoms with Gasteiger partial charge in [-0.1, -0.05) is 53.7 Å². The van der Waals surface area contributed by atoms with Crippen molar-refractivity contribution >= 4 is 23.1 Å². The second-order valence-corrected chi connectivity index (χ2v) is 5.71. The molecule has 0 fully saturated rings. The molecule has 0 aliphatic rings. The van der Waals surface area contributed by atoms with Gasteiger partial charge in [-0.3, -0.25) is 4.79 Å². The van der Waals surface area contributed by atoms with Crippen molar-refractivity contribution < 1.29 is 9.26 Å². The summed E-state index contributed by atoms with van der Waals surface area (Å²) in [4.78, 5) is 11.9. The highest BCUT2D eigenvalue weighted by Crippen LogP contribution is 2.23. The molecule has 4 rings (SSSR count). The second-order valence-electron chi connectivity index (χ2n) is 5.71. The first-order valence-corrected chi connectivity index (χ1v) is 8.19. The topological polar surface area (TPSA) is 52.3 Å². The summed E-state index contributed by atoms with van der Waals surface area (Å²) in [5.74, 6) is 1.53. The number of para-hydroxylation sites is 1. The lowest BCUT2D eigenvalue weighted by Crippen LogP contribution is -1.91. The SMILES string of the molecule is O=c1ccccc2c(/C=C\c3cccc(Oc4ccccc4)c3)noc12. The van der Waals surface area contributed by atoms with Crippen LogP contribution < -0.4 is 10.2 Å². The largest absolute Gasteiger partial charge is 0.457 e. The van der Waals surface area contributed by atoms with Crippen molar-refractivity contribution in [2.24, 2.45) is 0 Å². The molecule has 0 aliphatic heterocycles. The van der Waals surface area contributed by atoms with Crippen LogP contribution >= 0.6 is 0 Å². The zero-order chi connectivity index (χ0) is 17.8. The van der Waals surface area contributed by atoms with Crippen LogP contribution in [0.1, 0.15) is 11.3 Å². The molecule has 4 aromatic rings.